The molecule has 1 N–H and O–H groups in total. The lowest BCUT2D eigenvalue weighted by molar-refractivity contribution is -0.140. The summed E-state index contributed by atoms with van der Waals surface area (Å²) in [7, 11) is 0. The van der Waals surface area contributed by atoms with Gasteiger partial charge in [0.25, 0.3) is 5.91 Å². The number of hydrogen-bond acceptors (Lipinski definition) is 3. The smallest absolute Gasteiger partial charge is 0.262 e. The second-order valence-corrected chi connectivity index (χ2v) is 3.38. The van der Waals surface area contributed by atoms with Crippen molar-refractivity contribution in [3.05, 3.63) is 35.9 Å². The van der Waals surface area contributed by atoms with E-state index in [1.54, 1.807) is 6.21 Å². The average molecular weight is 217 g/mol. The van der Waals surface area contributed by atoms with Crippen molar-refractivity contribution in [2.45, 2.75) is 0 Å². The molecule has 0 aliphatic carbocycles. The van der Waals surface area contributed by atoms with Gasteiger partial charge in [-0.15, -0.1) is 0 Å². The van der Waals surface area contributed by atoms with Crippen molar-refractivity contribution in [2.75, 3.05) is 13.1 Å². The van der Waals surface area contributed by atoms with Crippen molar-refractivity contribution in [1.82, 2.24) is 10.3 Å². The summed E-state index contributed by atoms with van der Waals surface area (Å²) in [5, 5.41) is 7.61. The van der Waals surface area contributed by atoms with Gasteiger partial charge in [-0.1, -0.05) is 30.3 Å². The van der Waals surface area contributed by atoms with Gasteiger partial charge in [0, 0.05) is 0 Å². The van der Waals surface area contributed by atoms with E-state index in [9.17, 15) is 9.59 Å². The molecule has 2 amide bonds. The Bertz CT molecular complexity index is 428. The van der Waals surface area contributed by atoms with Crippen LogP contribution in [-0.2, 0) is 9.59 Å². The van der Waals surface area contributed by atoms with Crippen LogP contribution in [0.5, 0.6) is 0 Å². The van der Waals surface area contributed by atoms with E-state index in [2.05, 4.69) is 10.4 Å². The average Bonchev–Trinajstić information content (AvgIpc) is 2.32. The largest absolute Gasteiger partial charge is 0.345 e. The lowest BCUT2D eigenvalue weighted by Crippen LogP contribution is -2.49. The van der Waals surface area contributed by atoms with Crippen molar-refractivity contribution < 1.29 is 9.59 Å². The lowest BCUT2D eigenvalue weighted by atomic mass is 10.2. The topological polar surface area (TPSA) is 61.8 Å². The summed E-state index contributed by atoms with van der Waals surface area (Å²) in [6.45, 7) is 0.00707. The van der Waals surface area contributed by atoms with Gasteiger partial charge in [0.05, 0.1) is 12.8 Å². The number of rotatable bonds is 2. The first-order chi connectivity index (χ1) is 7.75. The number of hydrogen-bond donors (Lipinski definition) is 1. The maximum absolute atomic E-state index is 11.4. The molecule has 2 rings (SSSR count). The molecule has 5 heteroatoms. The Morgan fingerprint density at radius 2 is 2.00 bits per heavy atom. The van der Waals surface area contributed by atoms with Crippen LogP contribution in [0.3, 0.4) is 0 Å². The van der Waals surface area contributed by atoms with E-state index in [1.165, 1.54) is 5.01 Å². The molecule has 0 saturated carbocycles. The van der Waals surface area contributed by atoms with Crippen molar-refractivity contribution in [3.8, 4) is 0 Å². The molecule has 1 aliphatic heterocycles. The van der Waals surface area contributed by atoms with Gasteiger partial charge in [-0.3, -0.25) is 9.59 Å². The molecule has 1 saturated heterocycles. The fourth-order valence-electron chi connectivity index (χ4n) is 1.33. The van der Waals surface area contributed by atoms with Crippen LogP contribution < -0.4 is 5.32 Å². The van der Waals surface area contributed by atoms with Crippen molar-refractivity contribution in [3.63, 3.8) is 0 Å². The van der Waals surface area contributed by atoms with Crippen molar-refractivity contribution >= 4 is 18.0 Å². The maximum atomic E-state index is 11.4. The maximum Gasteiger partial charge on any atom is 0.262 e. The summed E-state index contributed by atoms with van der Waals surface area (Å²) < 4.78 is 0. The summed E-state index contributed by atoms with van der Waals surface area (Å²) in [5.41, 5.74) is 0.890. The van der Waals surface area contributed by atoms with Gasteiger partial charge < -0.3 is 5.32 Å². The zero-order chi connectivity index (χ0) is 11.4. The Morgan fingerprint density at radius 1 is 1.25 bits per heavy atom. The molecule has 0 unspecified atom stereocenters. The third-order valence-corrected chi connectivity index (χ3v) is 2.16. The zero-order valence-corrected chi connectivity index (χ0v) is 8.59. The third-order valence-electron chi connectivity index (χ3n) is 2.16. The molecule has 82 valence electrons. The Morgan fingerprint density at radius 3 is 2.75 bits per heavy atom. The molecule has 16 heavy (non-hydrogen) atoms. The Kier molecular flexibility index (Phi) is 2.95. The van der Waals surface area contributed by atoms with Crippen LogP contribution in [0.15, 0.2) is 35.4 Å². The van der Waals surface area contributed by atoms with Crippen molar-refractivity contribution in [1.29, 1.82) is 0 Å². The molecule has 0 atom stereocenters. The van der Waals surface area contributed by atoms with E-state index in [0.29, 0.717) is 0 Å². The van der Waals surface area contributed by atoms with Gasteiger partial charge in [0.1, 0.15) is 6.54 Å². The van der Waals surface area contributed by atoms with Gasteiger partial charge in [0.15, 0.2) is 0 Å². The molecule has 5 nitrogen and oxygen atoms in total. The molecule has 1 aromatic rings. The van der Waals surface area contributed by atoms with Gasteiger partial charge in [-0.2, -0.15) is 5.10 Å². The minimum atomic E-state index is -0.202. The number of amides is 2. The first-order valence-electron chi connectivity index (χ1n) is 4.92. The molecule has 0 bridgehead atoms. The number of nitrogens with zero attached hydrogens (tertiary/aromatic N) is 2. The van der Waals surface area contributed by atoms with Crippen LogP contribution in [0.4, 0.5) is 0 Å². The standard InChI is InChI=1S/C11H11N3O2/c15-10-8-14(11(16)7-12-10)13-6-9-4-2-1-3-5-9/h1-6H,7-8H2,(H,12,15). The summed E-state index contributed by atoms with van der Waals surface area (Å²) >= 11 is 0. The highest BCUT2D eigenvalue weighted by atomic mass is 16.2. The normalized spacial score (nSPS) is 16.6. The van der Waals surface area contributed by atoms with Crippen LogP contribution in [-0.4, -0.2) is 36.1 Å². The number of carbonyl (C=O) groups is 2. The van der Waals surface area contributed by atoms with Crippen LogP contribution in [0.2, 0.25) is 0 Å². The van der Waals surface area contributed by atoms with Crippen LogP contribution in [0.25, 0.3) is 0 Å². The monoisotopic (exact) mass is 217 g/mol. The highest BCUT2D eigenvalue weighted by molar-refractivity contribution is 5.93. The molecule has 1 heterocycles. The number of benzene rings is 1. The second-order valence-electron chi connectivity index (χ2n) is 3.38. The van der Waals surface area contributed by atoms with E-state index in [0.717, 1.165) is 5.56 Å². The fraction of sp³-hybridized carbons (Fsp3) is 0.182. The lowest BCUT2D eigenvalue weighted by Gasteiger charge is -2.21. The van der Waals surface area contributed by atoms with E-state index in [-0.39, 0.29) is 24.9 Å². The van der Waals surface area contributed by atoms with E-state index in [4.69, 9.17) is 0 Å². The van der Waals surface area contributed by atoms with E-state index in [1.807, 2.05) is 30.3 Å². The molecule has 1 fully saturated rings. The Labute approximate surface area is 92.7 Å². The summed E-state index contributed by atoms with van der Waals surface area (Å²) in [6.07, 6.45) is 1.57. The van der Waals surface area contributed by atoms with E-state index < -0.39 is 0 Å². The van der Waals surface area contributed by atoms with Crippen LogP contribution >= 0.6 is 0 Å². The van der Waals surface area contributed by atoms with E-state index >= 15 is 0 Å². The Hall–Kier alpha value is -2.17. The van der Waals surface area contributed by atoms with Crippen LogP contribution in [0.1, 0.15) is 5.56 Å². The minimum absolute atomic E-state index is 0.0117. The SMILES string of the molecule is O=C1CN(N=Cc2ccccc2)C(=O)CN1. The first kappa shape index (κ1) is 10.4. The zero-order valence-electron chi connectivity index (χ0n) is 8.59. The summed E-state index contributed by atoms with van der Waals surface area (Å²) in [5.74, 6) is -0.392. The van der Waals surface area contributed by atoms with Crippen LogP contribution in [0, 0.1) is 0 Å². The second kappa shape index (κ2) is 4.57. The Balaban J connectivity index is 2.06. The number of hydrazone groups is 1. The number of nitrogens with one attached hydrogen (secondary N) is 1. The predicted octanol–water partition coefficient (Wildman–Crippen LogP) is -0.0211. The van der Waals surface area contributed by atoms with Gasteiger partial charge in [0.2, 0.25) is 5.91 Å². The van der Waals surface area contributed by atoms with Gasteiger partial charge in [-0.25, -0.2) is 5.01 Å². The highest BCUT2D eigenvalue weighted by Gasteiger charge is 2.21. The molecule has 1 aromatic carbocycles. The molecule has 1 aliphatic rings. The van der Waals surface area contributed by atoms with Gasteiger partial charge >= 0.3 is 0 Å². The molecule has 0 radical (unpaired) electrons. The number of piperazine rings is 1. The van der Waals surface area contributed by atoms with Gasteiger partial charge in [-0.05, 0) is 5.56 Å². The minimum Gasteiger partial charge on any atom is -0.345 e. The molecular formula is C11H11N3O2. The molecular weight excluding hydrogens is 206 g/mol. The first-order valence-corrected chi connectivity index (χ1v) is 4.92. The fourth-order valence-corrected chi connectivity index (χ4v) is 1.33. The molecule has 0 spiro atoms. The number of carbonyl (C=O) groups excluding carboxylic acids is 2. The third kappa shape index (κ3) is 2.44. The summed E-state index contributed by atoms with van der Waals surface area (Å²) in [4.78, 5) is 22.4. The quantitative estimate of drug-likeness (QED) is 0.707. The summed E-state index contributed by atoms with van der Waals surface area (Å²) in [6, 6.07) is 9.41. The predicted molar refractivity (Wildman–Crippen MR) is 58.8 cm³/mol. The molecule has 0 aromatic heterocycles. The van der Waals surface area contributed by atoms with Crippen molar-refractivity contribution in [2.24, 2.45) is 5.10 Å². The highest BCUT2D eigenvalue weighted by Crippen LogP contribution is 1.99.